The third kappa shape index (κ3) is 15.0. The molecule has 0 aliphatic carbocycles. The first kappa shape index (κ1) is 40.3. The normalized spacial score (nSPS) is 12.3. The van der Waals surface area contributed by atoms with Gasteiger partial charge in [0.05, 0.1) is 0 Å². The molecule has 2 aromatic carbocycles. The zero-order chi connectivity index (χ0) is 34.9. The molecular formula is C35H52F3N5O3. The third-order valence-corrected chi connectivity index (χ3v) is 7.57. The van der Waals surface area contributed by atoms with Crippen LogP contribution in [0.3, 0.4) is 0 Å². The van der Waals surface area contributed by atoms with E-state index in [1.165, 1.54) is 12.1 Å². The van der Waals surface area contributed by atoms with Gasteiger partial charge in [0.25, 0.3) is 5.91 Å². The monoisotopic (exact) mass is 647 g/mol. The summed E-state index contributed by atoms with van der Waals surface area (Å²) in [5, 5.41) is 12.2. The maximum absolute atomic E-state index is 13.0. The standard InChI is InChI=1S/C31H46F3N5O3.C4H6/c1-8-30(7,14-15-36-28(40)27-22(5)18-25(19-23(27)6)38-29(41)35-9-2)37-16-17-39(21(3)4)20-24-10-12-26(13-11-24)42-31(32,33)34;1-3-4-2/h10-13,18-19,21,37H,8-9,14-17,20H2,1-7H3,(H,36,40)(H2,35,38,41);1-2H3. The number of nitrogens with zero attached hydrogens (tertiary/aromatic N) is 1. The number of benzene rings is 2. The Balaban J connectivity index is 0.00000249. The second kappa shape index (κ2) is 19.7. The summed E-state index contributed by atoms with van der Waals surface area (Å²) < 4.78 is 41.3. The van der Waals surface area contributed by atoms with Crippen molar-refractivity contribution in [2.24, 2.45) is 0 Å². The van der Waals surface area contributed by atoms with E-state index in [1.807, 2.05) is 34.6 Å². The third-order valence-electron chi connectivity index (χ3n) is 7.57. The lowest BCUT2D eigenvalue weighted by atomic mass is 9.94. The summed E-state index contributed by atoms with van der Waals surface area (Å²) in [6.45, 7) is 20.7. The van der Waals surface area contributed by atoms with Crippen LogP contribution in [0, 0.1) is 25.7 Å². The predicted octanol–water partition coefficient (Wildman–Crippen LogP) is 7.16. The molecule has 8 nitrogen and oxygen atoms in total. The summed E-state index contributed by atoms with van der Waals surface area (Å²) in [7, 11) is 0. The minimum atomic E-state index is -4.71. The number of alkyl halides is 3. The van der Waals surface area contributed by atoms with E-state index in [2.05, 4.69) is 70.4 Å². The lowest BCUT2D eigenvalue weighted by Crippen LogP contribution is -2.48. The molecule has 0 aliphatic heterocycles. The molecule has 46 heavy (non-hydrogen) atoms. The van der Waals surface area contributed by atoms with Gasteiger partial charge in [-0.3, -0.25) is 9.69 Å². The number of urea groups is 1. The second-order valence-electron chi connectivity index (χ2n) is 11.6. The zero-order valence-corrected chi connectivity index (χ0v) is 28.8. The van der Waals surface area contributed by atoms with E-state index in [4.69, 9.17) is 0 Å². The van der Waals surface area contributed by atoms with Crippen LogP contribution in [0.2, 0.25) is 0 Å². The first-order valence-corrected chi connectivity index (χ1v) is 15.7. The van der Waals surface area contributed by atoms with Gasteiger partial charge in [0, 0.05) is 55.6 Å². The van der Waals surface area contributed by atoms with E-state index in [-0.39, 0.29) is 29.3 Å². The smallest absolute Gasteiger partial charge is 0.406 e. The highest BCUT2D eigenvalue weighted by Gasteiger charge is 2.31. The van der Waals surface area contributed by atoms with Crippen LogP contribution in [0.1, 0.15) is 88.4 Å². The number of ether oxygens (including phenoxy) is 1. The van der Waals surface area contributed by atoms with E-state index < -0.39 is 6.36 Å². The van der Waals surface area contributed by atoms with Crippen LogP contribution in [0.25, 0.3) is 0 Å². The van der Waals surface area contributed by atoms with Gasteiger partial charge < -0.3 is 26.0 Å². The number of rotatable bonds is 15. The molecule has 256 valence electrons. The molecule has 0 aromatic heterocycles. The largest absolute Gasteiger partial charge is 0.573 e. The van der Waals surface area contributed by atoms with Gasteiger partial charge in [-0.2, -0.15) is 0 Å². The van der Waals surface area contributed by atoms with Crippen molar-refractivity contribution in [1.82, 2.24) is 20.9 Å². The highest BCUT2D eigenvalue weighted by Crippen LogP contribution is 2.24. The summed E-state index contributed by atoms with van der Waals surface area (Å²) >= 11 is 0. The van der Waals surface area contributed by atoms with Gasteiger partial charge in [0.1, 0.15) is 5.75 Å². The highest BCUT2D eigenvalue weighted by atomic mass is 19.4. The van der Waals surface area contributed by atoms with E-state index in [1.54, 1.807) is 24.3 Å². The van der Waals surface area contributed by atoms with Gasteiger partial charge in [-0.1, -0.05) is 19.1 Å². The number of carbonyl (C=O) groups is 2. The quantitative estimate of drug-likeness (QED) is 0.154. The number of anilines is 1. The van der Waals surface area contributed by atoms with Crippen LogP contribution in [0.4, 0.5) is 23.7 Å². The van der Waals surface area contributed by atoms with Crippen LogP contribution in [-0.2, 0) is 6.54 Å². The van der Waals surface area contributed by atoms with Crippen molar-refractivity contribution in [3.63, 3.8) is 0 Å². The molecule has 0 bridgehead atoms. The number of amides is 3. The summed E-state index contributed by atoms with van der Waals surface area (Å²) in [5.74, 6) is 4.98. The Kier molecular flexibility index (Phi) is 17.2. The van der Waals surface area contributed by atoms with E-state index in [0.717, 1.165) is 36.1 Å². The van der Waals surface area contributed by atoms with Crippen molar-refractivity contribution in [3.8, 4) is 17.6 Å². The molecule has 1 atom stereocenters. The van der Waals surface area contributed by atoms with E-state index in [0.29, 0.717) is 37.4 Å². The fourth-order valence-corrected chi connectivity index (χ4v) is 4.71. The van der Waals surface area contributed by atoms with Gasteiger partial charge in [-0.25, -0.2) is 4.79 Å². The van der Waals surface area contributed by atoms with Gasteiger partial charge in [-0.15, -0.1) is 25.0 Å². The molecular weight excluding hydrogens is 595 g/mol. The number of nitrogens with one attached hydrogen (secondary N) is 4. The Bertz CT molecular complexity index is 1270. The Morgan fingerprint density at radius 1 is 0.957 bits per heavy atom. The zero-order valence-electron chi connectivity index (χ0n) is 28.8. The second-order valence-corrected chi connectivity index (χ2v) is 11.6. The lowest BCUT2D eigenvalue weighted by molar-refractivity contribution is -0.274. The maximum Gasteiger partial charge on any atom is 0.573 e. The van der Waals surface area contributed by atoms with Crippen molar-refractivity contribution < 1.29 is 27.5 Å². The number of carbonyl (C=O) groups excluding carboxylic acids is 2. The number of hydrogen-bond donors (Lipinski definition) is 4. The van der Waals surface area contributed by atoms with Crippen LogP contribution < -0.4 is 26.0 Å². The molecule has 0 radical (unpaired) electrons. The molecule has 4 N–H and O–H groups in total. The molecule has 2 aromatic rings. The fraction of sp³-hybridized carbons (Fsp3) is 0.543. The molecule has 0 aliphatic rings. The summed E-state index contributed by atoms with van der Waals surface area (Å²) in [6, 6.07) is 9.51. The van der Waals surface area contributed by atoms with Gasteiger partial charge in [0.2, 0.25) is 0 Å². The average molecular weight is 648 g/mol. The SMILES string of the molecule is CC#CC.CCNC(=O)Nc1cc(C)c(C(=O)NCCC(C)(CC)NCCN(Cc2ccc(OC(F)(F)F)cc2)C(C)C)c(C)c1. The Morgan fingerprint density at radius 2 is 1.54 bits per heavy atom. The number of halogens is 3. The molecule has 0 saturated heterocycles. The summed E-state index contributed by atoms with van der Waals surface area (Å²) in [6.07, 6.45) is -3.11. The van der Waals surface area contributed by atoms with Crippen molar-refractivity contribution >= 4 is 17.6 Å². The van der Waals surface area contributed by atoms with Crippen molar-refractivity contribution in [2.75, 3.05) is 31.5 Å². The summed E-state index contributed by atoms with van der Waals surface area (Å²) in [5.41, 5.74) is 3.51. The molecule has 2 rings (SSSR count). The fourth-order valence-electron chi connectivity index (χ4n) is 4.71. The van der Waals surface area contributed by atoms with Crippen molar-refractivity contribution in [1.29, 1.82) is 0 Å². The molecule has 3 amide bonds. The predicted molar refractivity (Wildman–Crippen MR) is 180 cm³/mol. The maximum atomic E-state index is 13.0. The van der Waals surface area contributed by atoms with Crippen LogP contribution in [0.5, 0.6) is 5.75 Å². The van der Waals surface area contributed by atoms with Crippen LogP contribution in [-0.4, -0.2) is 61.0 Å². The van der Waals surface area contributed by atoms with Gasteiger partial charge in [-0.05, 0) is 109 Å². The van der Waals surface area contributed by atoms with Crippen LogP contribution >= 0.6 is 0 Å². The first-order chi connectivity index (χ1) is 21.6. The summed E-state index contributed by atoms with van der Waals surface area (Å²) in [4.78, 5) is 27.1. The molecule has 0 fully saturated rings. The molecule has 1 unspecified atom stereocenters. The first-order valence-electron chi connectivity index (χ1n) is 15.7. The highest BCUT2D eigenvalue weighted by molar-refractivity contribution is 5.98. The Labute approximate surface area is 273 Å². The van der Waals surface area contributed by atoms with E-state index in [9.17, 15) is 22.8 Å². The average Bonchev–Trinajstić information content (AvgIpc) is 2.96. The van der Waals surface area contributed by atoms with E-state index >= 15 is 0 Å². The molecule has 11 heteroatoms. The minimum Gasteiger partial charge on any atom is -0.406 e. The van der Waals surface area contributed by atoms with Crippen molar-refractivity contribution in [3.05, 3.63) is 58.7 Å². The van der Waals surface area contributed by atoms with Gasteiger partial charge >= 0.3 is 12.4 Å². The Hall–Kier alpha value is -3.75. The molecule has 0 spiro atoms. The van der Waals surface area contributed by atoms with Crippen LogP contribution in [0.15, 0.2) is 36.4 Å². The molecule has 0 heterocycles. The topological polar surface area (TPSA) is 94.7 Å². The lowest BCUT2D eigenvalue weighted by Gasteiger charge is -2.33. The number of aryl methyl sites for hydroxylation is 2. The molecule has 0 saturated carbocycles. The number of hydrogen-bond acceptors (Lipinski definition) is 5. The van der Waals surface area contributed by atoms with Crippen molar-refractivity contribution in [2.45, 2.75) is 99.6 Å². The minimum absolute atomic E-state index is 0.148. The Morgan fingerprint density at radius 3 is 2.02 bits per heavy atom. The van der Waals surface area contributed by atoms with Gasteiger partial charge in [0.15, 0.2) is 0 Å².